The van der Waals surface area contributed by atoms with Gasteiger partial charge in [-0.3, -0.25) is 4.79 Å². The fraction of sp³-hybridized carbons (Fsp3) is 0.188. The highest BCUT2D eigenvalue weighted by Gasteiger charge is 2.24. The number of carbonyl (C=O) groups excluding carboxylic acids is 1. The maximum atomic E-state index is 13.5. The van der Waals surface area contributed by atoms with Crippen molar-refractivity contribution in [2.24, 2.45) is 0 Å². The third-order valence-electron chi connectivity index (χ3n) is 3.60. The lowest BCUT2D eigenvalue weighted by atomic mass is 9.98. The summed E-state index contributed by atoms with van der Waals surface area (Å²) in [6.07, 6.45) is 0.827. The highest BCUT2D eigenvalue weighted by atomic mass is 127. The van der Waals surface area contributed by atoms with Crippen molar-refractivity contribution in [2.45, 2.75) is 13.0 Å². The van der Waals surface area contributed by atoms with E-state index in [4.69, 9.17) is 11.6 Å². The van der Waals surface area contributed by atoms with Crippen molar-refractivity contribution in [3.63, 3.8) is 0 Å². The average molecular weight is 416 g/mol. The quantitative estimate of drug-likeness (QED) is 0.671. The zero-order chi connectivity index (χ0) is 15.0. The second-order valence-electron chi connectivity index (χ2n) is 5.03. The molecular weight excluding hydrogens is 404 g/mol. The summed E-state index contributed by atoms with van der Waals surface area (Å²) in [5, 5.41) is 0.101. The van der Waals surface area contributed by atoms with E-state index in [0.717, 1.165) is 26.7 Å². The maximum absolute atomic E-state index is 13.5. The van der Waals surface area contributed by atoms with Crippen molar-refractivity contribution in [2.75, 3.05) is 6.54 Å². The number of fused-ring (bicyclic) bond motifs is 1. The van der Waals surface area contributed by atoms with Crippen LogP contribution in [0.15, 0.2) is 36.4 Å². The third kappa shape index (κ3) is 3.06. The van der Waals surface area contributed by atoms with Gasteiger partial charge in [-0.1, -0.05) is 23.7 Å². The van der Waals surface area contributed by atoms with E-state index in [1.165, 1.54) is 12.1 Å². The predicted octanol–water partition coefficient (Wildman–Crippen LogP) is 4.28. The summed E-state index contributed by atoms with van der Waals surface area (Å²) >= 11 is 7.88. The van der Waals surface area contributed by atoms with Crippen LogP contribution >= 0.6 is 34.2 Å². The number of halogens is 3. The van der Waals surface area contributed by atoms with Gasteiger partial charge >= 0.3 is 0 Å². The van der Waals surface area contributed by atoms with Crippen LogP contribution in [-0.2, 0) is 13.0 Å². The van der Waals surface area contributed by atoms with E-state index in [-0.39, 0.29) is 10.9 Å². The van der Waals surface area contributed by atoms with Gasteiger partial charge in [0.15, 0.2) is 0 Å². The van der Waals surface area contributed by atoms with Gasteiger partial charge in [-0.05, 0) is 64.4 Å². The molecule has 0 aromatic heterocycles. The Morgan fingerprint density at radius 1 is 1.24 bits per heavy atom. The van der Waals surface area contributed by atoms with Crippen LogP contribution in [0.3, 0.4) is 0 Å². The lowest BCUT2D eigenvalue weighted by Crippen LogP contribution is -2.37. The molecule has 108 valence electrons. The summed E-state index contributed by atoms with van der Waals surface area (Å²) in [7, 11) is 0. The molecule has 0 unspecified atom stereocenters. The number of rotatable bonds is 2. The van der Waals surface area contributed by atoms with Crippen molar-refractivity contribution >= 4 is 40.1 Å². The lowest BCUT2D eigenvalue weighted by molar-refractivity contribution is 0.0726. The van der Waals surface area contributed by atoms with E-state index in [2.05, 4.69) is 22.6 Å². The third-order valence-corrected chi connectivity index (χ3v) is 4.58. The Bertz CT molecular complexity index is 719. The first-order chi connectivity index (χ1) is 10.0. The number of benzene rings is 2. The molecule has 0 atom stereocenters. The largest absolute Gasteiger partial charge is 0.334 e. The van der Waals surface area contributed by atoms with Gasteiger partial charge in [-0.25, -0.2) is 4.39 Å². The first-order valence-corrected chi connectivity index (χ1v) is 8.02. The Labute approximate surface area is 141 Å². The van der Waals surface area contributed by atoms with Gasteiger partial charge in [-0.15, -0.1) is 0 Å². The van der Waals surface area contributed by atoms with Gasteiger partial charge in [0.2, 0.25) is 0 Å². The smallest absolute Gasteiger partial charge is 0.254 e. The Morgan fingerprint density at radius 3 is 2.81 bits per heavy atom. The minimum Gasteiger partial charge on any atom is -0.334 e. The van der Waals surface area contributed by atoms with Crippen LogP contribution < -0.4 is 0 Å². The van der Waals surface area contributed by atoms with Crippen molar-refractivity contribution in [3.8, 4) is 0 Å². The Hall–Kier alpha value is -1.14. The first kappa shape index (κ1) is 14.8. The normalized spacial score (nSPS) is 14.2. The Kier molecular flexibility index (Phi) is 4.17. The molecule has 0 saturated heterocycles. The van der Waals surface area contributed by atoms with Crippen molar-refractivity contribution in [1.29, 1.82) is 0 Å². The molecule has 2 nitrogen and oxygen atoms in total. The molecule has 2 aromatic rings. The van der Waals surface area contributed by atoms with Gasteiger partial charge in [0.1, 0.15) is 5.82 Å². The molecule has 0 fully saturated rings. The highest BCUT2D eigenvalue weighted by Crippen LogP contribution is 2.23. The molecule has 0 spiro atoms. The van der Waals surface area contributed by atoms with E-state index in [0.29, 0.717) is 13.1 Å². The van der Waals surface area contributed by atoms with Gasteiger partial charge in [0.25, 0.3) is 5.91 Å². The van der Waals surface area contributed by atoms with Crippen LogP contribution in [-0.4, -0.2) is 17.4 Å². The van der Waals surface area contributed by atoms with E-state index in [9.17, 15) is 9.18 Å². The maximum Gasteiger partial charge on any atom is 0.254 e. The molecule has 0 saturated carbocycles. The summed E-state index contributed by atoms with van der Waals surface area (Å²) < 4.78 is 14.5. The number of carbonyl (C=O) groups is 1. The summed E-state index contributed by atoms with van der Waals surface area (Å²) in [4.78, 5) is 14.3. The van der Waals surface area contributed by atoms with Crippen LogP contribution in [0.1, 0.15) is 21.5 Å². The van der Waals surface area contributed by atoms with Crippen LogP contribution in [0.25, 0.3) is 0 Å². The molecule has 1 aliphatic rings. The molecule has 21 heavy (non-hydrogen) atoms. The minimum atomic E-state index is -0.450. The molecule has 0 radical (unpaired) electrons. The van der Waals surface area contributed by atoms with Crippen LogP contribution in [0.5, 0.6) is 0 Å². The summed E-state index contributed by atoms with van der Waals surface area (Å²) in [6.45, 7) is 1.05. The number of nitrogens with zero attached hydrogens (tertiary/aromatic N) is 1. The lowest BCUT2D eigenvalue weighted by Gasteiger charge is -2.28. The highest BCUT2D eigenvalue weighted by molar-refractivity contribution is 14.1. The number of amides is 1. The van der Waals surface area contributed by atoms with Crippen LogP contribution in [0.4, 0.5) is 4.39 Å². The molecule has 1 heterocycles. The molecule has 0 N–H and O–H groups in total. The SMILES string of the molecule is O=C1c2cc(I)ccc2CCN1Cc1ccc(Cl)c(F)c1. The summed E-state index contributed by atoms with van der Waals surface area (Å²) in [5.74, 6) is -0.446. The van der Waals surface area contributed by atoms with Crippen molar-refractivity contribution in [1.82, 2.24) is 4.90 Å². The van der Waals surface area contributed by atoms with E-state index in [1.54, 1.807) is 11.0 Å². The van der Waals surface area contributed by atoms with Crippen LogP contribution in [0.2, 0.25) is 5.02 Å². The average Bonchev–Trinajstić information content (AvgIpc) is 2.46. The van der Waals surface area contributed by atoms with E-state index < -0.39 is 5.82 Å². The van der Waals surface area contributed by atoms with Gasteiger partial charge in [-0.2, -0.15) is 0 Å². The molecule has 1 amide bonds. The number of hydrogen-bond donors (Lipinski definition) is 0. The minimum absolute atomic E-state index is 0.00474. The first-order valence-electron chi connectivity index (χ1n) is 6.56. The Balaban J connectivity index is 1.84. The fourth-order valence-corrected chi connectivity index (χ4v) is 3.11. The van der Waals surface area contributed by atoms with Gasteiger partial charge in [0.05, 0.1) is 5.02 Å². The van der Waals surface area contributed by atoms with E-state index >= 15 is 0 Å². The summed E-state index contributed by atoms with van der Waals surface area (Å²) in [6, 6.07) is 10.6. The zero-order valence-corrected chi connectivity index (χ0v) is 14.0. The van der Waals surface area contributed by atoms with Crippen LogP contribution in [0, 0.1) is 9.39 Å². The molecule has 0 bridgehead atoms. The van der Waals surface area contributed by atoms with Gasteiger partial charge < -0.3 is 4.90 Å². The molecule has 3 rings (SSSR count). The van der Waals surface area contributed by atoms with Crippen molar-refractivity contribution < 1.29 is 9.18 Å². The van der Waals surface area contributed by atoms with Crippen molar-refractivity contribution in [3.05, 3.63) is 67.5 Å². The van der Waals surface area contributed by atoms with E-state index in [1.807, 2.05) is 18.2 Å². The zero-order valence-electron chi connectivity index (χ0n) is 11.1. The standard InChI is InChI=1S/C16H12ClFINO/c17-14-4-1-10(7-15(14)18)9-20-6-5-11-2-3-12(19)8-13(11)16(20)21/h1-4,7-8H,5-6,9H2. The monoisotopic (exact) mass is 415 g/mol. The molecule has 5 heteroatoms. The summed E-state index contributed by atoms with van der Waals surface area (Å²) in [5.41, 5.74) is 2.58. The molecular formula is C16H12ClFINO. The second kappa shape index (κ2) is 5.93. The second-order valence-corrected chi connectivity index (χ2v) is 6.68. The number of hydrogen-bond acceptors (Lipinski definition) is 1. The molecule has 2 aromatic carbocycles. The molecule has 0 aliphatic carbocycles. The fourth-order valence-electron chi connectivity index (χ4n) is 2.50. The predicted molar refractivity (Wildman–Crippen MR) is 89.0 cm³/mol. The van der Waals surface area contributed by atoms with Gasteiger partial charge in [0, 0.05) is 22.2 Å². The Morgan fingerprint density at radius 2 is 2.05 bits per heavy atom. The molecule has 1 aliphatic heterocycles. The topological polar surface area (TPSA) is 20.3 Å².